The SMILES string of the molecule is Cc1cccc(N2CCN(C(=O)OC(C)(C)C)[C@@H](C)C2)c1. The summed E-state index contributed by atoms with van der Waals surface area (Å²) in [6.07, 6.45) is -0.209. The lowest BCUT2D eigenvalue weighted by atomic mass is 10.1. The van der Waals surface area contributed by atoms with Crippen LogP contribution in [0.3, 0.4) is 0 Å². The number of carbonyl (C=O) groups is 1. The molecule has 1 saturated heterocycles. The predicted octanol–water partition coefficient (Wildman–Crippen LogP) is 3.44. The van der Waals surface area contributed by atoms with E-state index < -0.39 is 5.60 Å². The van der Waals surface area contributed by atoms with Gasteiger partial charge in [0.15, 0.2) is 0 Å². The summed E-state index contributed by atoms with van der Waals surface area (Å²) in [5.74, 6) is 0. The Hall–Kier alpha value is -1.71. The third-order valence-electron chi connectivity index (χ3n) is 3.62. The van der Waals surface area contributed by atoms with Crippen LogP contribution in [0.25, 0.3) is 0 Å². The smallest absolute Gasteiger partial charge is 0.410 e. The van der Waals surface area contributed by atoms with Crippen molar-refractivity contribution in [2.24, 2.45) is 0 Å². The zero-order valence-electron chi connectivity index (χ0n) is 13.7. The number of piperazine rings is 1. The molecule has 0 aliphatic carbocycles. The number of benzene rings is 1. The molecule has 0 unspecified atom stereocenters. The quantitative estimate of drug-likeness (QED) is 0.794. The molecule has 1 aliphatic heterocycles. The minimum absolute atomic E-state index is 0.147. The first-order chi connectivity index (χ1) is 9.76. The average molecular weight is 290 g/mol. The standard InChI is InChI=1S/C17H26N2O2/c1-13-7-6-8-15(11-13)18-9-10-19(14(2)12-18)16(20)21-17(3,4)5/h6-8,11,14H,9-10,12H2,1-5H3/t14-/m0/s1. The highest BCUT2D eigenvalue weighted by Crippen LogP contribution is 2.21. The number of anilines is 1. The van der Waals surface area contributed by atoms with Gasteiger partial charge in [-0.2, -0.15) is 0 Å². The number of aryl methyl sites for hydroxylation is 1. The first-order valence-corrected chi connectivity index (χ1v) is 7.57. The zero-order valence-corrected chi connectivity index (χ0v) is 13.7. The van der Waals surface area contributed by atoms with E-state index in [4.69, 9.17) is 4.74 Å². The van der Waals surface area contributed by atoms with E-state index in [-0.39, 0.29) is 12.1 Å². The minimum Gasteiger partial charge on any atom is -0.444 e. The van der Waals surface area contributed by atoms with Gasteiger partial charge in [0.05, 0.1) is 0 Å². The molecule has 4 heteroatoms. The van der Waals surface area contributed by atoms with E-state index in [1.165, 1.54) is 11.3 Å². The molecule has 0 N–H and O–H groups in total. The molecule has 1 aromatic carbocycles. The van der Waals surface area contributed by atoms with Gasteiger partial charge in [-0.15, -0.1) is 0 Å². The van der Waals surface area contributed by atoms with Crippen molar-refractivity contribution < 1.29 is 9.53 Å². The lowest BCUT2D eigenvalue weighted by molar-refractivity contribution is 0.0159. The molecular formula is C17H26N2O2. The number of ether oxygens (including phenoxy) is 1. The topological polar surface area (TPSA) is 32.8 Å². The lowest BCUT2D eigenvalue weighted by Crippen LogP contribution is -2.55. The number of carbonyl (C=O) groups excluding carboxylic acids is 1. The maximum Gasteiger partial charge on any atom is 0.410 e. The summed E-state index contributed by atoms with van der Waals surface area (Å²) in [5.41, 5.74) is 2.05. The highest BCUT2D eigenvalue weighted by molar-refractivity contribution is 5.69. The van der Waals surface area contributed by atoms with E-state index in [1.807, 2.05) is 25.7 Å². The summed E-state index contributed by atoms with van der Waals surface area (Å²) in [6, 6.07) is 8.65. The summed E-state index contributed by atoms with van der Waals surface area (Å²) < 4.78 is 5.48. The molecule has 0 saturated carbocycles. The first-order valence-electron chi connectivity index (χ1n) is 7.57. The van der Waals surface area contributed by atoms with Crippen LogP contribution in [0.1, 0.15) is 33.3 Å². The van der Waals surface area contributed by atoms with Gasteiger partial charge < -0.3 is 14.5 Å². The van der Waals surface area contributed by atoms with E-state index in [9.17, 15) is 4.79 Å². The van der Waals surface area contributed by atoms with Crippen molar-refractivity contribution in [3.63, 3.8) is 0 Å². The van der Waals surface area contributed by atoms with Crippen LogP contribution in [0.4, 0.5) is 10.5 Å². The summed E-state index contributed by atoms with van der Waals surface area (Å²) in [5, 5.41) is 0. The Morgan fingerprint density at radius 1 is 1.29 bits per heavy atom. The van der Waals surface area contributed by atoms with Crippen molar-refractivity contribution in [2.45, 2.75) is 46.3 Å². The van der Waals surface area contributed by atoms with Gasteiger partial charge in [-0.3, -0.25) is 0 Å². The molecule has 21 heavy (non-hydrogen) atoms. The molecule has 2 rings (SSSR count). The van der Waals surface area contributed by atoms with Gasteiger partial charge in [-0.25, -0.2) is 4.79 Å². The van der Waals surface area contributed by atoms with Crippen LogP contribution in [0.15, 0.2) is 24.3 Å². The third kappa shape index (κ3) is 4.13. The van der Waals surface area contributed by atoms with Crippen LogP contribution in [0, 0.1) is 6.92 Å². The molecule has 1 fully saturated rings. The van der Waals surface area contributed by atoms with Crippen molar-refractivity contribution in [3.8, 4) is 0 Å². The van der Waals surface area contributed by atoms with Crippen molar-refractivity contribution in [1.29, 1.82) is 0 Å². The van der Waals surface area contributed by atoms with E-state index in [2.05, 4.69) is 43.0 Å². The molecule has 116 valence electrons. The molecule has 1 aromatic rings. The highest BCUT2D eigenvalue weighted by Gasteiger charge is 2.30. The van der Waals surface area contributed by atoms with Crippen molar-refractivity contribution in [3.05, 3.63) is 29.8 Å². The summed E-state index contributed by atoms with van der Waals surface area (Å²) in [6.45, 7) is 12.3. The van der Waals surface area contributed by atoms with E-state index in [0.717, 1.165) is 13.1 Å². The Balaban J connectivity index is 2.01. The maximum absolute atomic E-state index is 12.2. The van der Waals surface area contributed by atoms with Crippen LogP contribution in [0.2, 0.25) is 0 Å². The Labute approximate surface area is 127 Å². The Morgan fingerprint density at radius 3 is 2.57 bits per heavy atom. The molecule has 1 amide bonds. The number of rotatable bonds is 1. The second-order valence-corrected chi connectivity index (χ2v) is 6.81. The summed E-state index contributed by atoms with van der Waals surface area (Å²) in [7, 11) is 0. The van der Waals surface area contributed by atoms with Crippen LogP contribution in [0.5, 0.6) is 0 Å². The van der Waals surface area contributed by atoms with E-state index in [1.54, 1.807) is 0 Å². The number of nitrogens with zero attached hydrogens (tertiary/aromatic N) is 2. The van der Waals surface area contributed by atoms with Gasteiger partial charge in [0.1, 0.15) is 5.60 Å². The fourth-order valence-electron chi connectivity index (χ4n) is 2.61. The van der Waals surface area contributed by atoms with Crippen molar-refractivity contribution in [1.82, 2.24) is 4.90 Å². The molecule has 0 radical (unpaired) electrons. The largest absolute Gasteiger partial charge is 0.444 e. The monoisotopic (exact) mass is 290 g/mol. The van der Waals surface area contributed by atoms with Gasteiger partial charge >= 0.3 is 6.09 Å². The molecule has 0 bridgehead atoms. The average Bonchev–Trinajstić information content (AvgIpc) is 2.36. The lowest BCUT2D eigenvalue weighted by Gasteiger charge is -2.41. The second kappa shape index (κ2) is 5.96. The zero-order chi connectivity index (χ0) is 15.6. The van der Waals surface area contributed by atoms with E-state index in [0.29, 0.717) is 6.54 Å². The van der Waals surface area contributed by atoms with Crippen LogP contribution in [-0.2, 0) is 4.74 Å². The molecular weight excluding hydrogens is 264 g/mol. The molecule has 0 spiro atoms. The molecule has 0 aromatic heterocycles. The van der Waals surface area contributed by atoms with E-state index >= 15 is 0 Å². The van der Waals surface area contributed by atoms with Gasteiger partial charge in [0.25, 0.3) is 0 Å². The normalized spacial score (nSPS) is 19.6. The molecule has 4 nitrogen and oxygen atoms in total. The highest BCUT2D eigenvalue weighted by atomic mass is 16.6. The van der Waals surface area contributed by atoms with Gasteiger partial charge in [0, 0.05) is 31.4 Å². The second-order valence-electron chi connectivity index (χ2n) is 6.81. The molecule has 1 atom stereocenters. The number of amides is 1. The van der Waals surface area contributed by atoms with Crippen molar-refractivity contribution >= 4 is 11.8 Å². The fourth-order valence-corrected chi connectivity index (χ4v) is 2.61. The summed E-state index contributed by atoms with van der Waals surface area (Å²) in [4.78, 5) is 16.4. The molecule has 1 aliphatic rings. The minimum atomic E-state index is -0.440. The maximum atomic E-state index is 12.2. The first kappa shape index (κ1) is 15.7. The van der Waals surface area contributed by atoms with Crippen LogP contribution < -0.4 is 4.90 Å². The Bertz CT molecular complexity index is 508. The number of hydrogen-bond donors (Lipinski definition) is 0. The summed E-state index contributed by atoms with van der Waals surface area (Å²) >= 11 is 0. The third-order valence-corrected chi connectivity index (χ3v) is 3.62. The van der Waals surface area contributed by atoms with Crippen LogP contribution in [-0.4, -0.2) is 42.3 Å². The fraction of sp³-hybridized carbons (Fsp3) is 0.588. The Morgan fingerprint density at radius 2 is 2.00 bits per heavy atom. The van der Waals surface area contributed by atoms with Gasteiger partial charge in [-0.1, -0.05) is 12.1 Å². The van der Waals surface area contributed by atoms with Crippen LogP contribution >= 0.6 is 0 Å². The van der Waals surface area contributed by atoms with Gasteiger partial charge in [-0.05, 0) is 52.3 Å². The molecule has 1 heterocycles. The van der Waals surface area contributed by atoms with Gasteiger partial charge in [0.2, 0.25) is 0 Å². The Kier molecular flexibility index (Phi) is 4.45. The van der Waals surface area contributed by atoms with Crippen molar-refractivity contribution in [2.75, 3.05) is 24.5 Å². The number of hydrogen-bond acceptors (Lipinski definition) is 3. The predicted molar refractivity (Wildman–Crippen MR) is 85.8 cm³/mol.